The molecule has 1 aliphatic rings. The highest BCUT2D eigenvalue weighted by Gasteiger charge is 2.18. The zero-order chi connectivity index (χ0) is 12.0. The van der Waals surface area contributed by atoms with Crippen molar-refractivity contribution in [1.29, 1.82) is 0 Å². The summed E-state index contributed by atoms with van der Waals surface area (Å²) in [5.41, 5.74) is 0. The van der Waals surface area contributed by atoms with Gasteiger partial charge in [0.1, 0.15) is 6.17 Å². The van der Waals surface area contributed by atoms with E-state index in [1.165, 1.54) is 19.3 Å². The Bertz CT molecular complexity index is 272. The van der Waals surface area contributed by atoms with E-state index >= 15 is 0 Å². The van der Waals surface area contributed by atoms with Gasteiger partial charge in [-0.05, 0) is 13.3 Å². The largest absolute Gasteiger partial charge is 0.359 e. The molecule has 0 amide bonds. The highest BCUT2D eigenvalue weighted by molar-refractivity contribution is 5.99. The Morgan fingerprint density at radius 1 is 1.25 bits per heavy atom. The van der Waals surface area contributed by atoms with Crippen LogP contribution < -0.4 is 10.6 Å². The number of hydrogen-bond donors (Lipinski definition) is 2. The lowest BCUT2D eigenvalue weighted by Crippen LogP contribution is -2.50. The maximum absolute atomic E-state index is 4.46. The Balaban J connectivity index is 2.46. The molecule has 0 bridgehead atoms. The summed E-state index contributed by atoms with van der Waals surface area (Å²) in [6, 6.07) is 0. The van der Waals surface area contributed by atoms with Crippen molar-refractivity contribution in [3.05, 3.63) is 0 Å². The minimum atomic E-state index is -0.00711. The van der Waals surface area contributed by atoms with E-state index in [1.54, 1.807) is 0 Å². The molecule has 92 valence electrons. The van der Waals surface area contributed by atoms with Crippen molar-refractivity contribution in [2.45, 2.75) is 39.3 Å². The summed E-state index contributed by atoms with van der Waals surface area (Å²) < 4.78 is 0. The van der Waals surface area contributed by atoms with Gasteiger partial charge in [0.2, 0.25) is 11.9 Å². The predicted molar refractivity (Wildman–Crippen MR) is 68.7 cm³/mol. The molecule has 0 fully saturated rings. The third-order valence-electron chi connectivity index (χ3n) is 2.54. The summed E-state index contributed by atoms with van der Waals surface area (Å²) in [6.07, 6.45) is 3.67. The number of nitrogens with zero attached hydrogens (tertiary/aromatic N) is 3. The molecular weight excluding hydrogens is 202 g/mol. The number of nitrogens with one attached hydrogen (secondary N) is 2. The molecule has 0 spiro atoms. The van der Waals surface area contributed by atoms with Gasteiger partial charge in [-0.15, -0.1) is 0 Å². The molecule has 0 aliphatic carbocycles. The van der Waals surface area contributed by atoms with Crippen molar-refractivity contribution in [3.8, 4) is 0 Å². The van der Waals surface area contributed by atoms with E-state index in [0.29, 0.717) is 0 Å². The first-order valence-corrected chi connectivity index (χ1v) is 6.00. The van der Waals surface area contributed by atoms with Crippen LogP contribution in [0.1, 0.15) is 33.1 Å². The van der Waals surface area contributed by atoms with Crippen molar-refractivity contribution >= 4 is 11.9 Å². The van der Waals surface area contributed by atoms with Gasteiger partial charge in [-0.25, -0.2) is 9.98 Å². The highest BCUT2D eigenvalue weighted by atomic mass is 15.4. The molecule has 5 heteroatoms. The second-order valence-electron chi connectivity index (χ2n) is 3.98. The molecular formula is C11H23N5. The summed E-state index contributed by atoms with van der Waals surface area (Å²) >= 11 is 0. The van der Waals surface area contributed by atoms with Crippen LogP contribution in [0.2, 0.25) is 0 Å². The van der Waals surface area contributed by atoms with Gasteiger partial charge in [-0.1, -0.05) is 19.8 Å². The lowest BCUT2D eigenvalue weighted by Gasteiger charge is -2.28. The van der Waals surface area contributed by atoms with Gasteiger partial charge in [0, 0.05) is 20.6 Å². The number of hydrogen-bond acceptors (Lipinski definition) is 5. The third kappa shape index (κ3) is 3.40. The van der Waals surface area contributed by atoms with Crippen LogP contribution in [0.15, 0.2) is 9.98 Å². The van der Waals surface area contributed by atoms with E-state index in [-0.39, 0.29) is 6.17 Å². The summed E-state index contributed by atoms with van der Waals surface area (Å²) in [6.45, 7) is 5.16. The van der Waals surface area contributed by atoms with Gasteiger partial charge in [0.05, 0.1) is 0 Å². The lowest BCUT2D eigenvalue weighted by molar-refractivity contribution is 0.585. The molecule has 1 atom stereocenters. The standard InChI is InChI=1S/C11H23N5/c1-5-6-7-8-13-11-15-9(2)14-10(12-3)16(11)4/h9H,5-8H2,1-4H3,(H,12,14)(H,13,15). The zero-order valence-electron chi connectivity index (χ0n) is 10.7. The van der Waals surface area contributed by atoms with Gasteiger partial charge < -0.3 is 10.6 Å². The quantitative estimate of drug-likeness (QED) is 0.702. The van der Waals surface area contributed by atoms with Crippen LogP contribution in [-0.4, -0.2) is 43.6 Å². The monoisotopic (exact) mass is 225 g/mol. The second-order valence-corrected chi connectivity index (χ2v) is 3.98. The SMILES string of the molecule is CCCCCNC1=NC(C)N=C(NC)N1C. The highest BCUT2D eigenvalue weighted by Crippen LogP contribution is 2.03. The molecule has 1 aliphatic heterocycles. The van der Waals surface area contributed by atoms with Gasteiger partial charge in [-0.2, -0.15) is 0 Å². The number of guanidine groups is 2. The molecule has 16 heavy (non-hydrogen) atoms. The van der Waals surface area contributed by atoms with Crippen LogP contribution >= 0.6 is 0 Å². The fourth-order valence-electron chi connectivity index (χ4n) is 1.63. The molecule has 1 heterocycles. The van der Waals surface area contributed by atoms with Gasteiger partial charge in [0.15, 0.2) is 0 Å². The molecule has 0 saturated carbocycles. The van der Waals surface area contributed by atoms with Gasteiger partial charge >= 0.3 is 0 Å². The molecule has 1 rings (SSSR count). The number of rotatable bonds is 4. The first kappa shape index (κ1) is 12.8. The Morgan fingerprint density at radius 2 is 1.94 bits per heavy atom. The summed E-state index contributed by atoms with van der Waals surface area (Å²) in [4.78, 5) is 10.8. The van der Waals surface area contributed by atoms with Crippen LogP contribution in [-0.2, 0) is 0 Å². The topological polar surface area (TPSA) is 52.0 Å². The predicted octanol–water partition coefficient (Wildman–Crippen LogP) is 0.989. The zero-order valence-corrected chi connectivity index (χ0v) is 10.7. The van der Waals surface area contributed by atoms with Crippen molar-refractivity contribution in [1.82, 2.24) is 15.5 Å². The average molecular weight is 225 g/mol. The van der Waals surface area contributed by atoms with Crippen LogP contribution in [0.4, 0.5) is 0 Å². The van der Waals surface area contributed by atoms with Crippen LogP contribution in [0, 0.1) is 0 Å². The first-order chi connectivity index (χ1) is 7.69. The smallest absolute Gasteiger partial charge is 0.202 e. The molecule has 0 aromatic rings. The van der Waals surface area contributed by atoms with Crippen molar-refractivity contribution in [2.24, 2.45) is 9.98 Å². The first-order valence-electron chi connectivity index (χ1n) is 6.00. The average Bonchev–Trinajstić information content (AvgIpc) is 2.28. The van der Waals surface area contributed by atoms with E-state index in [9.17, 15) is 0 Å². The lowest BCUT2D eigenvalue weighted by atomic mass is 10.2. The second kappa shape index (κ2) is 6.35. The van der Waals surface area contributed by atoms with Crippen molar-refractivity contribution in [2.75, 3.05) is 20.6 Å². The van der Waals surface area contributed by atoms with Crippen LogP contribution in [0.5, 0.6) is 0 Å². The fraction of sp³-hybridized carbons (Fsp3) is 0.818. The Kier molecular flexibility index (Phi) is 5.08. The molecule has 0 aromatic heterocycles. The maximum atomic E-state index is 4.46. The third-order valence-corrected chi connectivity index (χ3v) is 2.54. The Labute approximate surface area is 98.0 Å². The molecule has 5 nitrogen and oxygen atoms in total. The normalized spacial score (nSPS) is 20.2. The molecule has 1 unspecified atom stereocenters. The molecule has 0 saturated heterocycles. The van der Waals surface area contributed by atoms with Crippen LogP contribution in [0.25, 0.3) is 0 Å². The maximum Gasteiger partial charge on any atom is 0.202 e. The summed E-state index contributed by atoms with van der Waals surface area (Å²) in [5.74, 6) is 1.77. The summed E-state index contributed by atoms with van der Waals surface area (Å²) in [7, 11) is 3.84. The van der Waals surface area contributed by atoms with E-state index < -0.39 is 0 Å². The molecule has 0 aromatic carbocycles. The number of aliphatic imine (C=N–C) groups is 2. The van der Waals surface area contributed by atoms with E-state index in [4.69, 9.17) is 0 Å². The minimum absolute atomic E-state index is 0.00711. The van der Waals surface area contributed by atoms with Gasteiger partial charge in [0.25, 0.3) is 0 Å². The Morgan fingerprint density at radius 3 is 2.56 bits per heavy atom. The van der Waals surface area contributed by atoms with E-state index in [2.05, 4.69) is 27.5 Å². The van der Waals surface area contributed by atoms with E-state index in [0.717, 1.165) is 18.5 Å². The van der Waals surface area contributed by atoms with Crippen molar-refractivity contribution < 1.29 is 0 Å². The Hall–Kier alpha value is -1.26. The van der Waals surface area contributed by atoms with Crippen LogP contribution in [0.3, 0.4) is 0 Å². The fourth-order valence-corrected chi connectivity index (χ4v) is 1.63. The molecule has 0 radical (unpaired) electrons. The molecule has 2 N–H and O–H groups in total. The summed E-state index contributed by atoms with van der Waals surface area (Å²) in [5, 5.41) is 6.43. The number of unbranched alkanes of at least 4 members (excludes halogenated alkanes) is 2. The van der Waals surface area contributed by atoms with E-state index in [1.807, 2.05) is 25.9 Å². The van der Waals surface area contributed by atoms with Crippen molar-refractivity contribution in [3.63, 3.8) is 0 Å². The van der Waals surface area contributed by atoms with Gasteiger partial charge in [-0.3, -0.25) is 4.90 Å². The minimum Gasteiger partial charge on any atom is -0.359 e.